The lowest BCUT2D eigenvalue weighted by atomic mass is 10.1. The number of esters is 1. The summed E-state index contributed by atoms with van der Waals surface area (Å²) in [6.07, 6.45) is 1.54. The van der Waals surface area contributed by atoms with Gasteiger partial charge in [-0.05, 0) is 42.8 Å². The Balaban J connectivity index is 1.74. The van der Waals surface area contributed by atoms with Gasteiger partial charge in [0.25, 0.3) is 0 Å². The van der Waals surface area contributed by atoms with Crippen molar-refractivity contribution in [2.24, 2.45) is 0 Å². The third-order valence-corrected chi connectivity index (χ3v) is 3.47. The Hall–Kier alpha value is -3.15. The fourth-order valence-corrected chi connectivity index (χ4v) is 2.31. The van der Waals surface area contributed by atoms with E-state index < -0.39 is 5.97 Å². The molecule has 2 aromatic carbocycles. The standard InChI is InChI=1S/C19H15FO5/c1-2-23-18(21)11-24-14-7-8-15-16(10-14)25-17(19(15)22)9-12-3-5-13(20)6-4-12/h3-10H,2,11H2,1H3. The summed E-state index contributed by atoms with van der Waals surface area (Å²) in [4.78, 5) is 23.7. The van der Waals surface area contributed by atoms with E-state index >= 15 is 0 Å². The largest absolute Gasteiger partial charge is 0.482 e. The zero-order chi connectivity index (χ0) is 17.8. The highest BCUT2D eigenvalue weighted by Crippen LogP contribution is 2.34. The van der Waals surface area contributed by atoms with Crippen molar-refractivity contribution >= 4 is 17.8 Å². The number of hydrogen-bond acceptors (Lipinski definition) is 5. The van der Waals surface area contributed by atoms with Crippen molar-refractivity contribution in [3.05, 3.63) is 65.2 Å². The van der Waals surface area contributed by atoms with E-state index in [2.05, 4.69) is 0 Å². The molecule has 2 aromatic rings. The summed E-state index contributed by atoms with van der Waals surface area (Å²) in [6.45, 7) is 1.77. The number of halogens is 1. The lowest BCUT2D eigenvalue weighted by molar-refractivity contribution is -0.145. The molecule has 6 heteroatoms. The number of rotatable bonds is 5. The molecule has 3 rings (SSSR count). The molecule has 0 bridgehead atoms. The van der Waals surface area contributed by atoms with Crippen molar-refractivity contribution in [1.29, 1.82) is 0 Å². The van der Waals surface area contributed by atoms with Crippen molar-refractivity contribution in [3.8, 4) is 11.5 Å². The van der Waals surface area contributed by atoms with E-state index in [4.69, 9.17) is 14.2 Å². The van der Waals surface area contributed by atoms with Gasteiger partial charge in [-0.1, -0.05) is 12.1 Å². The number of carbonyl (C=O) groups is 2. The fraction of sp³-hybridized carbons (Fsp3) is 0.158. The number of allylic oxidation sites excluding steroid dienone is 1. The van der Waals surface area contributed by atoms with Gasteiger partial charge < -0.3 is 14.2 Å². The second-order valence-electron chi connectivity index (χ2n) is 5.24. The third kappa shape index (κ3) is 3.85. The van der Waals surface area contributed by atoms with Gasteiger partial charge >= 0.3 is 5.97 Å². The van der Waals surface area contributed by atoms with E-state index in [1.165, 1.54) is 18.2 Å². The van der Waals surface area contributed by atoms with Gasteiger partial charge in [-0.15, -0.1) is 0 Å². The molecule has 1 aliphatic rings. The summed E-state index contributed by atoms with van der Waals surface area (Å²) in [6, 6.07) is 10.4. The zero-order valence-electron chi connectivity index (χ0n) is 13.5. The highest BCUT2D eigenvalue weighted by atomic mass is 19.1. The molecule has 1 heterocycles. The minimum Gasteiger partial charge on any atom is -0.482 e. The summed E-state index contributed by atoms with van der Waals surface area (Å²) in [5, 5.41) is 0. The fourth-order valence-electron chi connectivity index (χ4n) is 2.31. The van der Waals surface area contributed by atoms with Gasteiger partial charge in [-0.2, -0.15) is 0 Å². The SMILES string of the molecule is CCOC(=O)COc1ccc2c(c1)OC(=Cc1ccc(F)cc1)C2=O. The first-order valence-electron chi connectivity index (χ1n) is 7.69. The molecule has 0 spiro atoms. The Morgan fingerprint density at radius 1 is 1.20 bits per heavy atom. The molecular formula is C19H15FO5. The molecule has 5 nitrogen and oxygen atoms in total. The van der Waals surface area contributed by atoms with Gasteiger partial charge in [-0.3, -0.25) is 4.79 Å². The Labute approximate surface area is 143 Å². The molecular weight excluding hydrogens is 327 g/mol. The highest BCUT2D eigenvalue weighted by Gasteiger charge is 2.27. The summed E-state index contributed by atoms with van der Waals surface area (Å²) in [5.74, 6) is -0.216. The maximum atomic E-state index is 12.9. The lowest BCUT2D eigenvalue weighted by Gasteiger charge is -2.06. The van der Waals surface area contributed by atoms with Gasteiger partial charge in [0.05, 0.1) is 12.2 Å². The summed E-state index contributed by atoms with van der Waals surface area (Å²) < 4.78 is 28.6. The zero-order valence-corrected chi connectivity index (χ0v) is 13.5. The number of benzene rings is 2. The van der Waals surface area contributed by atoms with E-state index in [0.29, 0.717) is 22.6 Å². The minimum atomic E-state index is -0.475. The van der Waals surface area contributed by atoms with Crippen molar-refractivity contribution in [2.45, 2.75) is 6.92 Å². The Morgan fingerprint density at radius 3 is 2.68 bits per heavy atom. The molecule has 0 radical (unpaired) electrons. The van der Waals surface area contributed by atoms with Gasteiger partial charge in [-0.25, -0.2) is 9.18 Å². The average molecular weight is 342 g/mol. The highest BCUT2D eigenvalue weighted by molar-refractivity contribution is 6.14. The first-order chi connectivity index (χ1) is 12.1. The smallest absolute Gasteiger partial charge is 0.344 e. The topological polar surface area (TPSA) is 61.8 Å². The molecule has 25 heavy (non-hydrogen) atoms. The number of hydrogen-bond donors (Lipinski definition) is 0. The van der Waals surface area contributed by atoms with Crippen LogP contribution in [0.3, 0.4) is 0 Å². The lowest BCUT2D eigenvalue weighted by Crippen LogP contribution is -2.14. The normalized spacial score (nSPS) is 14.2. The average Bonchev–Trinajstić information content (AvgIpc) is 2.91. The van der Waals surface area contributed by atoms with Gasteiger partial charge in [0.1, 0.15) is 17.3 Å². The van der Waals surface area contributed by atoms with Crippen LogP contribution in [0.4, 0.5) is 4.39 Å². The number of ketones is 1. The van der Waals surface area contributed by atoms with E-state index in [1.807, 2.05) is 0 Å². The van der Waals surface area contributed by atoms with E-state index in [1.54, 1.807) is 37.3 Å². The van der Waals surface area contributed by atoms with Crippen LogP contribution in [0.2, 0.25) is 0 Å². The molecule has 0 fully saturated rings. The monoisotopic (exact) mass is 342 g/mol. The second-order valence-corrected chi connectivity index (χ2v) is 5.24. The van der Waals surface area contributed by atoms with Crippen LogP contribution in [-0.2, 0) is 9.53 Å². The summed E-state index contributed by atoms with van der Waals surface area (Å²) in [5.41, 5.74) is 1.05. The molecule has 0 unspecified atom stereocenters. The summed E-state index contributed by atoms with van der Waals surface area (Å²) in [7, 11) is 0. The molecule has 0 atom stereocenters. The van der Waals surface area contributed by atoms with Crippen LogP contribution < -0.4 is 9.47 Å². The van der Waals surface area contributed by atoms with Gasteiger partial charge in [0, 0.05) is 6.07 Å². The second kappa shape index (κ2) is 7.17. The van der Waals surface area contributed by atoms with Crippen LogP contribution in [0, 0.1) is 5.82 Å². The molecule has 0 saturated heterocycles. The first-order valence-corrected chi connectivity index (χ1v) is 7.69. The van der Waals surface area contributed by atoms with Crippen LogP contribution in [0.25, 0.3) is 6.08 Å². The third-order valence-electron chi connectivity index (χ3n) is 3.47. The quantitative estimate of drug-likeness (QED) is 0.616. The van der Waals surface area contributed by atoms with Gasteiger partial charge in [0.2, 0.25) is 5.78 Å². The molecule has 0 N–H and O–H groups in total. The first kappa shape index (κ1) is 16.7. The summed E-state index contributed by atoms with van der Waals surface area (Å²) >= 11 is 0. The molecule has 0 aromatic heterocycles. The number of carbonyl (C=O) groups excluding carboxylic acids is 2. The van der Waals surface area contributed by atoms with Crippen molar-refractivity contribution in [1.82, 2.24) is 0 Å². The number of ether oxygens (including phenoxy) is 3. The van der Waals surface area contributed by atoms with Crippen LogP contribution in [0.5, 0.6) is 11.5 Å². The Bertz CT molecular complexity index is 839. The predicted molar refractivity (Wildman–Crippen MR) is 87.9 cm³/mol. The van der Waals surface area contributed by atoms with E-state index in [0.717, 1.165) is 0 Å². The minimum absolute atomic E-state index is 0.143. The van der Waals surface area contributed by atoms with Crippen LogP contribution in [-0.4, -0.2) is 25.0 Å². The number of Topliss-reactive ketones (excluding diaryl/α,β-unsaturated/α-hetero) is 1. The predicted octanol–water partition coefficient (Wildman–Crippen LogP) is 3.38. The van der Waals surface area contributed by atoms with Crippen molar-refractivity contribution in [3.63, 3.8) is 0 Å². The Kier molecular flexibility index (Phi) is 4.79. The molecule has 0 aliphatic carbocycles. The van der Waals surface area contributed by atoms with Crippen LogP contribution in [0.15, 0.2) is 48.2 Å². The van der Waals surface area contributed by atoms with Crippen LogP contribution >= 0.6 is 0 Å². The Morgan fingerprint density at radius 2 is 1.96 bits per heavy atom. The van der Waals surface area contributed by atoms with Crippen LogP contribution in [0.1, 0.15) is 22.8 Å². The maximum absolute atomic E-state index is 12.9. The molecule has 1 aliphatic heterocycles. The maximum Gasteiger partial charge on any atom is 0.344 e. The van der Waals surface area contributed by atoms with E-state index in [9.17, 15) is 14.0 Å². The van der Waals surface area contributed by atoms with Gasteiger partial charge in [0.15, 0.2) is 12.4 Å². The van der Waals surface area contributed by atoms with Crippen molar-refractivity contribution in [2.75, 3.05) is 13.2 Å². The molecule has 0 amide bonds. The van der Waals surface area contributed by atoms with Crippen molar-refractivity contribution < 1.29 is 28.2 Å². The molecule has 128 valence electrons. The number of fused-ring (bicyclic) bond motifs is 1. The van der Waals surface area contributed by atoms with E-state index in [-0.39, 0.29) is 30.6 Å². The molecule has 0 saturated carbocycles.